The van der Waals surface area contributed by atoms with E-state index in [1.54, 1.807) is 21.1 Å². The maximum absolute atomic E-state index is 10.7. The first-order valence-electron chi connectivity index (χ1n) is 5.84. The van der Waals surface area contributed by atoms with Gasteiger partial charge in [-0.2, -0.15) is 0 Å². The van der Waals surface area contributed by atoms with Crippen LogP contribution in [0.15, 0.2) is 0 Å². The summed E-state index contributed by atoms with van der Waals surface area (Å²) >= 11 is 0. The number of nitrogens with one attached hydrogen (secondary N) is 3. The first-order chi connectivity index (χ1) is 8.26. The minimum atomic E-state index is 0.00463. The lowest BCUT2D eigenvalue weighted by Gasteiger charge is -2.03. The van der Waals surface area contributed by atoms with Gasteiger partial charge >= 0.3 is 0 Å². The summed E-state index contributed by atoms with van der Waals surface area (Å²) in [7, 11) is 5.85. The fourth-order valence-electron chi connectivity index (χ4n) is 0.432. The number of hydrogen-bond acceptors (Lipinski definition) is 3. The van der Waals surface area contributed by atoms with E-state index in [0.29, 0.717) is 5.54 Å². The molecule has 1 atom stereocenters. The van der Waals surface area contributed by atoms with Crippen molar-refractivity contribution in [3.8, 4) is 0 Å². The van der Waals surface area contributed by atoms with Crippen LogP contribution in [0.1, 0.15) is 27.2 Å². The van der Waals surface area contributed by atoms with Gasteiger partial charge in [0.05, 0.1) is 0 Å². The number of rotatable bonds is 2. The van der Waals surface area contributed by atoms with E-state index in [1.165, 1.54) is 13.8 Å². The average molecular weight is 277 g/mol. The maximum Gasteiger partial charge on any atom is 0.219 e. The van der Waals surface area contributed by atoms with Crippen LogP contribution in [-0.2, 0) is 14.4 Å². The third kappa shape index (κ3) is 24.1. The van der Waals surface area contributed by atoms with Crippen molar-refractivity contribution in [1.29, 1.82) is 0 Å². The summed E-state index contributed by atoms with van der Waals surface area (Å²) < 4.78 is 0. The molecule has 18 heavy (non-hydrogen) atoms. The zero-order valence-corrected chi connectivity index (χ0v) is 14.5. The van der Waals surface area contributed by atoms with Gasteiger partial charge in [0.1, 0.15) is 0 Å². The summed E-state index contributed by atoms with van der Waals surface area (Å²) in [5, 5.41) is 7.39. The van der Waals surface area contributed by atoms with Crippen LogP contribution in [0.3, 0.4) is 0 Å². The van der Waals surface area contributed by atoms with E-state index in [4.69, 9.17) is 0 Å². The molecule has 0 spiro atoms. The lowest BCUT2D eigenvalue weighted by molar-refractivity contribution is -0.120. The summed E-state index contributed by atoms with van der Waals surface area (Å²) in [6, 6.07) is 0. The molecule has 0 aliphatic rings. The van der Waals surface area contributed by atoms with Crippen molar-refractivity contribution in [2.24, 2.45) is 0 Å². The largest absolute Gasteiger partial charge is 0.359 e. The smallest absolute Gasteiger partial charge is 0.219 e. The Labute approximate surface area is 113 Å². The molecule has 0 radical (unpaired) electrons. The Morgan fingerprint density at radius 2 is 1.22 bits per heavy atom. The molecule has 0 heterocycles. The molecule has 0 rings (SSSR count). The standard InChI is InChI=1S/C5H13NOSi.2C3H7NO/c1-3-4(8)5(7)6-2;2*1-3(5)4-2/h4H,3H2,1-2,8H3,(H,6,7);2*1-2H3,(H,4,5). The number of amides is 3. The molecule has 108 valence electrons. The highest BCUT2D eigenvalue weighted by molar-refractivity contribution is 6.23. The van der Waals surface area contributed by atoms with E-state index >= 15 is 0 Å². The fourth-order valence-corrected chi connectivity index (χ4v) is 0.720. The Morgan fingerprint density at radius 1 is 0.944 bits per heavy atom. The molecule has 3 amide bonds. The first-order valence-corrected chi connectivity index (χ1v) is 7.00. The van der Waals surface area contributed by atoms with Crippen LogP contribution in [0, 0.1) is 0 Å². The lowest BCUT2D eigenvalue weighted by atomic mass is 10.3. The van der Waals surface area contributed by atoms with Crippen molar-refractivity contribution < 1.29 is 14.4 Å². The molecule has 0 saturated heterocycles. The summed E-state index contributed by atoms with van der Waals surface area (Å²) in [4.78, 5) is 30.1. The molecule has 1 unspecified atom stereocenters. The topological polar surface area (TPSA) is 87.3 Å². The fraction of sp³-hybridized carbons (Fsp3) is 0.727. The highest BCUT2D eigenvalue weighted by atomic mass is 28.1. The molecule has 0 aromatic rings. The normalized spacial score (nSPS) is 9.67. The van der Waals surface area contributed by atoms with E-state index in [2.05, 4.69) is 16.0 Å². The van der Waals surface area contributed by atoms with Crippen molar-refractivity contribution in [3.63, 3.8) is 0 Å². The molecular weight excluding hydrogens is 250 g/mol. The Kier molecular flexibility index (Phi) is 19.0. The van der Waals surface area contributed by atoms with Gasteiger partial charge in [-0.25, -0.2) is 0 Å². The summed E-state index contributed by atoms with van der Waals surface area (Å²) in [5.41, 5.74) is 0.306. The van der Waals surface area contributed by atoms with Gasteiger partial charge in [0, 0.05) is 50.8 Å². The zero-order chi connectivity index (χ0) is 15.1. The minimum Gasteiger partial charge on any atom is -0.359 e. The molecule has 0 bridgehead atoms. The van der Waals surface area contributed by atoms with Crippen molar-refractivity contribution >= 4 is 28.0 Å². The Balaban J connectivity index is -0.000000197. The molecular formula is C11H27N3O3Si. The summed E-state index contributed by atoms with van der Waals surface area (Å²) in [6.07, 6.45) is 0.978. The SMILES string of the molecule is CCC([SiH3])C(=O)NC.CNC(C)=O.CNC(C)=O. The zero-order valence-electron chi connectivity index (χ0n) is 12.5. The maximum atomic E-state index is 10.7. The highest BCUT2D eigenvalue weighted by Crippen LogP contribution is 2.01. The monoisotopic (exact) mass is 277 g/mol. The van der Waals surface area contributed by atoms with Gasteiger partial charge in [-0.1, -0.05) is 6.92 Å². The van der Waals surface area contributed by atoms with E-state index in [0.717, 1.165) is 16.7 Å². The molecule has 0 fully saturated rings. The molecule has 0 saturated carbocycles. The molecule has 7 heteroatoms. The van der Waals surface area contributed by atoms with Crippen LogP contribution in [-0.4, -0.2) is 49.1 Å². The molecule has 0 aromatic heterocycles. The van der Waals surface area contributed by atoms with Gasteiger partial charge in [0.2, 0.25) is 17.7 Å². The van der Waals surface area contributed by atoms with E-state index in [-0.39, 0.29) is 17.7 Å². The first kappa shape index (κ1) is 21.9. The Bertz CT molecular complexity index is 234. The second kappa shape index (κ2) is 15.6. The van der Waals surface area contributed by atoms with Crippen molar-refractivity contribution in [1.82, 2.24) is 16.0 Å². The predicted molar refractivity (Wildman–Crippen MR) is 77.5 cm³/mol. The minimum absolute atomic E-state index is 0.00463. The predicted octanol–water partition coefficient (Wildman–Crippen LogP) is -1.20. The second-order valence-electron chi connectivity index (χ2n) is 3.54. The van der Waals surface area contributed by atoms with Crippen molar-refractivity contribution in [2.75, 3.05) is 21.1 Å². The van der Waals surface area contributed by atoms with E-state index in [1.807, 2.05) is 6.92 Å². The molecule has 6 nitrogen and oxygen atoms in total. The quantitative estimate of drug-likeness (QED) is 0.554. The van der Waals surface area contributed by atoms with Gasteiger partial charge in [0.15, 0.2) is 0 Å². The lowest BCUT2D eigenvalue weighted by Crippen LogP contribution is -2.22. The number of carbonyl (C=O) groups excluding carboxylic acids is 3. The molecule has 0 aromatic carbocycles. The second-order valence-corrected chi connectivity index (χ2v) is 4.93. The van der Waals surface area contributed by atoms with Crippen LogP contribution in [0.25, 0.3) is 0 Å². The average Bonchev–Trinajstić information content (AvgIpc) is 2.37. The van der Waals surface area contributed by atoms with Gasteiger partial charge in [-0.15, -0.1) is 0 Å². The van der Waals surface area contributed by atoms with Gasteiger partial charge in [0.25, 0.3) is 0 Å². The highest BCUT2D eigenvalue weighted by Gasteiger charge is 2.05. The van der Waals surface area contributed by atoms with Crippen LogP contribution in [0.2, 0.25) is 5.54 Å². The number of hydrogen-bond donors (Lipinski definition) is 3. The Morgan fingerprint density at radius 3 is 1.28 bits per heavy atom. The van der Waals surface area contributed by atoms with Crippen molar-refractivity contribution in [3.05, 3.63) is 0 Å². The van der Waals surface area contributed by atoms with Crippen LogP contribution < -0.4 is 16.0 Å². The van der Waals surface area contributed by atoms with Crippen LogP contribution >= 0.6 is 0 Å². The van der Waals surface area contributed by atoms with Crippen LogP contribution in [0.5, 0.6) is 0 Å². The summed E-state index contributed by atoms with van der Waals surface area (Å²) in [6.45, 7) is 4.98. The van der Waals surface area contributed by atoms with Crippen LogP contribution in [0.4, 0.5) is 0 Å². The molecule has 3 N–H and O–H groups in total. The van der Waals surface area contributed by atoms with Crippen molar-refractivity contribution in [2.45, 2.75) is 32.7 Å². The van der Waals surface area contributed by atoms with Gasteiger partial charge < -0.3 is 16.0 Å². The Hall–Kier alpha value is -1.37. The van der Waals surface area contributed by atoms with Gasteiger partial charge in [-0.3, -0.25) is 14.4 Å². The third-order valence-corrected chi connectivity index (χ3v) is 3.35. The molecule has 0 aliphatic carbocycles. The third-order valence-electron chi connectivity index (χ3n) is 2.01. The van der Waals surface area contributed by atoms with Gasteiger partial charge in [-0.05, 0) is 6.42 Å². The molecule has 0 aliphatic heterocycles. The van der Waals surface area contributed by atoms with E-state index < -0.39 is 0 Å². The summed E-state index contributed by atoms with van der Waals surface area (Å²) in [5.74, 6) is 0.203. The number of carbonyl (C=O) groups is 3. The van der Waals surface area contributed by atoms with E-state index in [9.17, 15) is 14.4 Å².